The normalized spacial score (nSPS) is 11.3. The number of nitrogens with one attached hydrogen (secondary N) is 1. The highest BCUT2D eigenvalue weighted by atomic mass is 35.5. The van der Waals surface area contributed by atoms with Gasteiger partial charge in [0.25, 0.3) is 10.0 Å². The molecule has 6 nitrogen and oxygen atoms in total. The Hall–Kier alpha value is -3.67. The molecule has 0 bridgehead atoms. The number of aryl methyl sites for hydroxylation is 1. The molecule has 0 aliphatic rings. The van der Waals surface area contributed by atoms with Crippen molar-refractivity contribution in [2.45, 2.75) is 25.3 Å². The third kappa shape index (κ3) is 4.81. The van der Waals surface area contributed by atoms with E-state index in [1.165, 1.54) is 12.1 Å². The predicted molar refractivity (Wildman–Crippen MR) is 130 cm³/mol. The van der Waals surface area contributed by atoms with Crippen LogP contribution in [0.25, 0.3) is 11.1 Å². The van der Waals surface area contributed by atoms with Gasteiger partial charge >= 0.3 is 0 Å². The van der Waals surface area contributed by atoms with Crippen LogP contribution in [0.2, 0.25) is 5.02 Å². The van der Waals surface area contributed by atoms with Crippen LogP contribution in [-0.2, 0) is 16.6 Å². The van der Waals surface area contributed by atoms with E-state index in [4.69, 9.17) is 16.9 Å². The number of anilines is 1. The van der Waals surface area contributed by atoms with Gasteiger partial charge in [-0.1, -0.05) is 29.8 Å². The molecule has 0 aliphatic heterocycles. The summed E-state index contributed by atoms with van der Waals surface area (Å²) >= 11 is 6.21. The maximum atomic E-state index is 13.1. The fourth-order valence-electron chi connectivity index (χ4n) is 3.71. The molecule has 34 heavy (non-hydrogen) atoms. The van der Waals surface area contributed by atoms with Crippen molar-refractivity contribution in [1.29, 1.82) is 5.26 Å². The minimum Gasteiger partial charge on any atom is -0.280 e. The second kappa shape index (κ2) is 9.29. The lowest BCUT2D eigenvalue weighted by Gasteiger charge is -2.10. The molecule has 0 fully saturated rings. The number of nitriles is 1. The summed E-state index contributed by atoms with van der Waals surface area (Å²) in [5.41, 5.74) is 5.37. The van der Waals surface area contributed by atoms with Crippen LogP contribution in [0.15, 0.2) is 71.6 Å². The summed E-state index contributed by atoms with van der Waals surface area (Å²) in [6.45, 7) is 4.37. The van der Waals surface area contributed by atoms with Gasteiger partial charge in [-0.25, -0.2) is 12.8 Å². The minimum absolute atomic E-state index is 0.0175. The second-order valence-corrected chi connectivity index (χ2v) is 9.86. The van der Waals surface area contributed by atoms with Gasteiger partial charge in [-0.15, -0.1) is 0 Å². The van der Waals surface area contributed by atoms with E-state index < -0.39 is 15.8 Å². The number of sulfonamides is 1. The SMILES string of the molecule is Cc1nn(Cc2ccc(NS(=O)(=O)c3ccc(F)cc3)cc2)c(C)c1-c1ccc(C#N)c(Cl)c1. The van der Waals surface area contributed by atoms with E-state index in [0.29, 0.717) is 22.8 Å². The number of aromatic nitrogens is 2. The highest BCUT2D eigenvalue weighted by molar-refractivity contribution is 7.92. The van der Waals surface area contributed by atoms with Crippen LogP contribution in [0.3, 0.4) is 0 Å². The molecule has 1 heterocycles. The zero-order valence-corrected chi connectivity index (χ0v) is 20.0. The van der Waals surface area contributed by atoms with E-state index in [9.17, 15) is 12.8 Å². The average molecular weight is 495 g/mol. The zero-order chi connectivity index (χ0) is 24.5. The molecule has 0 radical (unpaired) electrons. The molecular weight excluding hydrogens is 475 g/mol. The van der Waals surface area contributed by atoms with Gasteiger partial charge in [0.2, 0.25) is 0 Å². The first kappa shape index (κ1) is 23.5. The maximum absolute atomic E-state index is 13.1. The van der Waals surface area contributed by atoms with Gasteiger partial charge in [-0.3, -0.25) is 9.40 Å². The number of halogens is 2. The third-order valence-corrected chi connectivity index (χ3v) is 7.13. The first-order valence-corrected chi connectivity index (χ1v) is 12.2. The summed E-state index contributed by atoms with van der Waals surface area (Å²) in [4.78, 5) is -0.0175. The van der Waals surface area contributed by atoms with Crippen LogP contribution < -0.4 is 4.72 Å². The lowest BCUT2D eigenvalue weighted by Crippen LogP contribution is -2.13. The van der Waals surface area contributed by atoms with Gasteiger partial charge in [0.15, 0.2) is 0 Å². The molecule has 0 aliphatic carbocycles. The van der Waals surface area contributed by atoms with Crippen LogP contribution in [-0.4, -0.2) is 18.2 Å². The standard InChI is InChI=1S/C25H20ClFN4O2S/c1-16-25(19-5-6-20(14-28)24(26)13-19)17(2)31(29-16)15-18-3-9-22(10-4-18)30-34(32,33)23-11-7-21(27)8-12-23/h3-13,30H,15H2,1-2H3. The van der Waals surface area contributed by atoms with Crippen molar-refractivity contribution < 1.29 is 12.8 Å². The average Bonchev–Trinajstić information content (AvgIpc) is 3.07. The quantitative estimate of drug-likeness (QED) is 0.373. The molecule has 172 valence electrons. The second-order valence-electron chi connectivity index (χ2n) is 7.77. The van der Waals surface area contributed by atoms with Crippen LogP contribution in [0.4, 0.5) is 10.1 Å². The van der Waals surface area contributed by atoms with E-state index in [-0.39, 0.29) is 4.90 Å². The first-order chi connectivity index (χ1) is 16.2. The number of hydrogen-bond donors (Lipinski definition) is 1. The van der Waals surface area contributed by atoms with Gasteiger partial charge in [-0.2, -0.15) is 10.4 Å². The monoisotopic (exact) mass is 494 g/mol. The lowest BCUT2D eigenvalue weighted by atomic mass is 10.0. The lowest BCUT2D eigenvalue weighted by molar-refractivity contribution is 0.599. The Kier molecular flexibility index (Phi) is 6.42. The molecule has 0 unspecified atom stereocenters. The van der Waals surface area contributed by atoms with Crippen molar-refractivity contribution in [2.75, 3.05) is 4.72 Å². The number of nitrogens with zero attached hydrogens (tertiary/aromatic N) is 3. The summed E-state index contributed by atoms with van der Waals surface area (Å²) in [6.07, 6.45) is 0. The molecule has 0 saturated carbocycles. The first-order valence-electron chi connectivity index (χ1n) is 10.3. The molecule has 0 atom stereocenters. The molecule has 0 spiro atoms. The molecular formula is C25H20ClFN4O2S. The smallest absolute Gasteiger partial charge is 0.261 e. The molecule has 4 aromatic rings. The Labute approximate surface area is 202 Å². The van der Waals surface area contributed by atoms with Crippen molar-refractivity contribution in [2.24, 2.45) is 0 Å². The molecule has 1 aromatic heterocycles. The van der Waals surface area contributed by atoms with Gasteiger partial charge in [0, 0.05) is 16.9 Å². The summed E-state index contributed by atoms with van der Waals surface area (Å²) in [5.74, 6) is -0.502. The van der Waals surface area contributed by atoms with Crippen molar-refractivity contribution in [3.05, 3.63) is 100 Å². The van der Waals surface area contributed by atoms with Gasteiger partial charge < -0.3 is 0 Å². The van der Waals surface area contributed by atoms with E-state index in [2.05, 4.69) is 15.9 Å². The van der Waals surface area contributed by atoms with Gasteiger partial charge in [0.05, 0.1) is 27.7 Å². The molecule has 4 rings (SSSR count). The molecule has 1 N–H and O–H groups in total. The largest absolute Gasteiger partial charge is 0.280 e. The van der Waals surface area contributed by atoms with Crippen LogP contribution in [0, 0.1) is 31.0 Å². The zero-order valence-electron chi connectivity index (χ0n) is 18.4. The third-order valence-electron chi connectivity index (χ3n) is 5.42. The number of hydrogen-bond acceptors (Lipinski definition) is 4. The van der Waals surface area contributed by atoms with E-state index in [0.717, 1.165) is 40.2 Å². The predicted octanol–water partition coefficient (Wildman–Crippen LogP) is 5.68. The number of benzene rings is 3. The van der Waals surface area contributed by atoms with Crippen molar-refractivity contribution >= 4 is 27.3 Å². The van der Waals surface area contributed by atoms with Crippen molar-refractivity contribution in [1.82, 2.24) is 9.78 Å². The number of rotatable bonds is 6. The Morgan fingerprint density at radius 1 is 1.06 bits per heavy atom. The van der Waals surface area contributed by atoms with Crippen LogP contribution >= 0.6 is 11.6 Å². The Balaban J connectivity index is 1.53. The van der Waals surface area contributed by atoms with Crippen LogP contribution in [0.1, 0.15) is 22.5 Å². The van der Waals surface area contributed by atoms with Crippen molar-refractivity contribution in [3.63, 3.8) is 0 Å². The Bertz CT molecular complexity index is 1510. The minimum atomic E-state index is -3.82. The molecule has 3 aromatic carbocycles. The molecule has 0 amide bonds. The fraction of sp³-hybridized carbons (Fsp3) is 0.120. The summed E-state index contributed by atoms with van der Waals surface area (Å²) in [6, 6.07) is 19.0. The topological polar surface area (TPSA) is 87.8 Å². The summed E-state index contributed by atoms with van der Waals surface area (Å²) in [5, 5.41) is 14.1. The Morgan fingerprint density at radius 3 is 2.35 bits per heavy atom. The van der Waals surface area contributed by atoms with Crippen LogP contribution in [0.5, 0.6) is 0 Å². The Morgan fingerprint density at radius 2 is 1.74 bits per heavy atom. The maximum Gasteiger partial charge on any atom is 0.261 e. The van der Waals surface area contributed by atoms with E-state index >= 15 is 0 Å². The van der Waals surface area contributed by atoms with Gasteiger partial charge in [-0.05, 0) is 73.5 Å². The van der Waals surface area contributed by atoms with Crippen molar-refractivity contribution in [3.8, 4) is 17.2 Å². The van der Waals surface area contributed by atoms with E-state index in [1.54, 1.807) is 24.3 Å². The summed E-state index contributed by atoms with van der Waals surface area (Å²) < 4.78 is 42.4. The summed E-state index contributed by atoms with van der Waals surface area (Å²) in [7, 11) is -3.82. The van der Waals surface area contributed by atoms with E-state index in [1.807, 2.05) is 36.7 Å². The van der Waals surface area contributed by atoms with Gasteiger partial charge in [0.1, 0.15) is 11.9 Å². The molecule has 9 heteroatoms. The highest BCUT2D eigenvalue weighted by Crippen LogP contribution is 2.30. The molecule has 0 saturated heterocycles. The fourth-order valence-corrected chi connectivity index (χ4v) is 4.99. The highest BCUT2D eigenvalue weighted by Gasteiger charge is 2.16.